The van der Waals surface area contributed by atoms with Crippen molar-refractivity contribution in [2.45, 2.75) is 25.7 Å². The number of nitrogens with one attached hydrogen (secondary N) is 2. The molecule has 0 unspecified atom stereocenters. The van der Waals surface area contributed by atoms with Gasteiger partial charge >= 0.3 is 5.63 Å². The number of likely N-dealkylation sites (N-methyl/N-ethyl adjacent to an activating group) is 1. The molecule has 0 saturated carbocycles. The van der Waals surface area contributed by atoms with Gasteiger partial charge in [0.15, 0.2) is 0 Å². The van der Waals surface area contributed by atoms with Crippen LogP contribution in [0.5, 0.6) is 0 Å². The number of amides is 2. The molecule has 0 atom stereocenters. The third-order valence-electron chi connectivity index (χ3n) is 9.47. The van der Waals surface area contributed by atoms with E-state index in [2.05, 4.69) is 36.7 Å². The number of hydrogen-bond acceptors (Lipinski definition) is 10. The van der Waals surface area contributed by atoms with E-state index < -0.39 is 11.5 Å². The van der Waals surface area contributed by atoms with E-state index in [0.29, 0.717) is 53.7 Å². The minimum Gasteiger partial charge on any atom is -0.422 e. The van der Waals surface area contributed by atoms with Gasteiger partial charge in [-0.15, -0.1) is 0 Å². The second kappa shape index (κ2) is 15.5. The zero-order valence-corrected chi connectivity index (χ0v) is 29.1. The van der Waals surface area contributed by atoms with Crippen molar-refractivity contribution in [3.63, 3.8) is 0 Å². The molecule has 1 aromatic heterocycles. The van der Waals surface area contributed by atoms with Crippen LogP contribution in [0, 0.1) is 0 Å². The number of azo groups is 1. The van der Waals surface area contributed by atoms with Crippen LogP contribution in [-0.2, 0) is 17.6 Å². The van der Waals surface area contributed by atoms with Gasteiger partial charge in [0.2, 0.25) is 0 Å². The molecule has 5 aromatic rings. The van der Waals surface area contributed by atoms with Gasteiger partial charge in [0.05, 0.1) is 36.0 Å². The SMILES string of the molecule is CN(CCOCCNC(=O)c1cc2cc3c4c(c2oc1=O)CCCN4CCC3)c1ccc(/N=N/c2ccc(C(=O)Nc3ccccc3N)cc2)cc1. The van der Waals surface area contributed by atoms with Crippen molar-refractivity contribution in [1.29, 1.82) is 0 Å². The summed E-state index contributed by atoms with van der Waals surface area (Å²) in [5.74, 6) is -0.723. The number of hydrogen-bond donors (Lipinski definition) is 3. The van der Waals surface area contributed by atoms with Gasteiger partial charge in [-0.25, -0.2) is 4.79 Å². The number of carbonyl (C=O) groups excluding carboxylic acids is 2. The summed E-state index contributed by atoms with van der Waals surface area (Å²) >= 11 is 0. The van der Waals surface area contributed by atoms with E-state index in [9.17, 15) is 14.4 Å². The first-order valence-electron chi connectivity index (χ1n) is 17.6. The zero-order valence-electron chi connectivity index (χ0n) is 29.1. The Morgan fingerprint density at radius 2 is 1.62 bits per heavy atom. The molecule has 0 aliphatic carbocycles. The van der Waals surface area contributed by atoms with Crippen molar-refractivity contribution < 1.29 is 18.7 Å². The fourth-order valence-corrected chi connectivity index (χ4v) is 6.74. The molecule has 2 aliphatic rings. The largest absolute Gasteiger partial charge is 0.422 e. The minimum absolute atomic E-state index is 0.0126. The van der Waals surface area contributed by atoms with Crippen LogP contribution in [0.15, 0.2) is 104 Å². The molecule has 4 aromatic carbocycles. The highest BCUT2D eigenvalue weighted by Crippen LogP contribution is 2.39. The van der Waals surface area contributed by atoms with Crippen molar-refractivity contribution in [1.82, 2.24) is 5.32 Å². The van der Waals surface area contributed by atoms with E-state index in [1.165, 1.54) is 11.3 Å². The highest BCUT2D eigenvalue weighted by Gasteiger charge is 2.27. The van der Waals surface area contributed by atoms with Gasteiger partial charge in [-0.1, -0.05) is 12.1 Å². The van der Waals surface area contributed by atoms with Crippen LogP contribution < -0.4 is 31.8 Å². The number of carbonyl (C=O) groups is 2. The van der Waals surface area contributed by atoms with Gasteiger partial charge < -0.3 is 35.3 Å². The first-order valence-corrected chi connectivity index (χ1v) is 17.6. The molecule has 12 nitrogen and oxygen atoms in total. The van der Waals surface area contributed by atoms with E-state index in [1.807, 2.05) is 43.4 Å². The monoisotopic (exact) mass is 699 g/mol. The van der Waals surface area contributed by atoms with Gasteiger partial charge in [0.1, 0.15) is 11.1 Å². The highest BCUT2D eigenvalue weighted by molar-refractivity contribution is 6.05. The van der Waals surface area contributed by atoms with Gasteiger partial charge in [-0.3, -0.25) is 9.59 Å². The topological polar surface area (TPSA) is 155 Å². The number of ether oxygens (including phenoxy) is 1. The number of nitrogens with zero attached hydrogens (tertiary/aromatic N) is 4. The standard InChI is InChI=1S/C40H41N7O5/c1-46(31-16-14-30(15-17-31)45-44-29-12-10-26(11-13-29)38(48)43-35-9-3-2-8-34(35)41)21-23-51-22-18-42-39(49)33-25-28-24-27-6-4-19-47-20-5-7-32(36(27)47)37(28)52-40(33)50/h2-3,8-17,24-25H,4-7,18-23,41H2,1H3,(H,42,49)(H,43,48)/b45-44+. The van der Waals surface area contributed by atoms with Crippen LogP contribution in [0.2, 0.25) is 0 Å². The molecule has 0 fully saturated rings. The summed E-state index contributed by atoms with van der Waals surface area (Å²) in [6.45, 7) is 3.71. The molecule has 0 spiro atoms. The van der Waals surface area contributed by atoms with Crippen molar-refractivity contribution in [2.75, 3.05) is 67.3 Å². The number of rotatable bonds is 12. The molecule has 0 radical (unpaired) electrons. The number of benzene rings is 4. The maximum Gasteiger partial charge on any atom is 0.349 e. The first-order chi connectivity index (χ1) is 25.3. The number of para-hydroxylation sites is 2. The second-order valence-electron chi connectivity index (χ2n) is 13.0. The van der Waals surface area contributed by atoms with Crippen molar-refractivity contribution in [3.8, 4) is 0 Å². The molecule has 7 rings (SSSR count). The average molecular weight is 700 g/mol. The lowest BCUT2D eigenvalue weighted by atomic mass is 9.90. The molecule has 4 N–H and O–H groups in total. The molecule has 52 heavy (non-hydrogen) atoms. The number of nitrogen functional groups attached to an aromatic ring is 1. The smallest absolute Gasteiger partial charge is 0.349 e. The van der Waals surface area contributed by atoms with E-state index in [-0.39, 0.29) is 18.0 Å². The molecule has 266 valence electrons. The van der Waals surface area contributed by atoms with Crippen molar-refractivity contribution in [3.05, 3.63) is 118 Å². The van der Waals surface area contributed by atoms with Gasteiger partial charge in [0, 0.05) is 61.1 Å². The Kier molecular flexibility index (Phi) is 10.3. The van der Waals surface area contributed by atoms with E-state index in [4.69, 9.17) is 14.9 Å². The summed E-state index contributed by atoms with van der Waals surface area (Å²) in [6.07, 6.45) is 4.00. The predicted octanol–water partition coefficient (Wildman–Crippen LogP) is 6.62. The Balaban J connectivity index is 0.845. The molecular formula is C40H41N7O5. The third kappa shape index (κ3) is 7.66. The summed E-state index contributed by atoms with van der Waals surface area (Å²) in [5, 5.41) is 15.0. The first kappa shape index (κ1) is 34.4. The zero-order chi connectivity index (χ0) is 36.0. The normalized spacial score (nSPS) is 13.6. The number of anilines is 4. The highest BCUT2D eigenvalue weighted by atomic mass is 16.5. The summed E-state index contributed by atoms with van der Waals surface area (Å²) in [6, 6.07) is 25.3. The molecule has 2 aliphatic heterocycles. The van der Waals surface area contributed by atoms with Crippen molar-refractivity contribution in [2.24, 2.45) is 10.2 Å². The van der Waals surface area contributed by atoms with Crippen molar-refractivity contribution >= 4 is 56.9 Å². The van der Waals surface area contributed by atoms with Crippen LogP contribution in [0.3, 0.4) is 0 Å². The fourth-order valence-electron chi connectivity index (χ4n) is 6.74. The molecule has 2 amide bonds. The number of nitrogens with two attached hydrogens (primary N) is 1. The molecule has 3 heterocycles. The Labute approximate surface area is 301 Å². The van der Waals surface area contributed by atoms with Gasteiger partial charge in [-0.05, 0) is 104 Å². The van der Waals surface area contributed by atoms with Crippen LogP contribution >= 0.6 is 0 Å². The van der Waals surface area contributed by atoms with Crippen LogP contribution in [0.1, 0.15) is 44.7 Å². The van der Waals surface area contributed by atoms with E-state index in [0.717, 1.165) is 55.4 Å². The fraction of sp³-hybridized carbons (Fsp3) is 0.275. The Hall–Kier alpha value is -6.01. The van der Waals surface area contributed by atoms with Gasteiger partial charge in [-0.2, -0.15) is 10.2 Å². The van der Waals surface area contributed by atoms with Crippen LogP contribution in [-0.4, -0.2) is 58.3 Å². The maximum atomic E-state index is 12.9. The Morgan fingerprint density at radius 3 is 2.37 bits per heavy atom. The maximum absolute atomic E-state index is 12.9. The Bertz CT molecular complexity index is 2180. The summed E-state index contributed by atoms with van der Waals surface area (Å²) in [5.41, 5.74) is 13.3. The van der Waals surface area contributed by atoms with Crippen LogP contribution in [0.4, 0.5) is 34.1 Å². The van der Waals surface area contributed by atoms with E-state index in [1.54, 1.807) is 42.5 Å². The second-order valence-corrected chi connectivity index (χ2v) is 13.0. The lowest BCUT2D eigenvalue weighted by Gasteiger charge is -2.37. The lowest BCUT2D eigenvalue weighted by molar-refractivity contribution is 0.0915. The number of fused-ring (bicyclic) bond motifs is 2. The number of aryl methyl sites for hydroxylation is 2. The average Bonchev–Trinajstić information content (AvgIpc) is 3.16. The third-order valence-corrected chi connectivity index (χ3v) is 9.47. The predicted molar refractivity (Wildman–Crippen MR) is 204 cm³/mol. The minimum atomic E-state index is -0.616. The molecule has 12 heteroatoms. The molecule has 0 saturated heterocycles. The lowest BCUT2D eigenvalue weighted by Crippen LogP contribution is -2.35. The summed E-state index contributed by atoms with van der Waals surface area (Å²) in [7, 11) is 1.97. The van der Waals surface area contributed by atoms with Gasteiger partial charge in [0.25, 0.3) is 11.8 Å². The Morgan fingerprint density at radius 1 is 0.904 bits per heavy atom. The summed E-state index contributed by atoms with van der Waals surface area (Å²) in [4.78, 5) is 42.8. The van der Waals surface area contributed by atoms with E-state index >= 15 is 0 Å². The van der Waals surface area contributed by atoms with Crippen LogP contribution in [0.25, 0.3) is 11.0 Å². The molecular weight excluding hydrogens is 658 g/mol. The molecule has 0 bridgehead atoms. The quantitative estimate of drug-likeness (QED) is 0.0568. The summed E-state index contributed by atoms with van der Waals surface area (Å²) < 4.78 is 11.5.